The Morgan fingerprint density at radius 3 is 2.28 bits per heavy atom. The lowest BCUT2D eigenvalue weighted by molar-refractivity contribution is -0.134. The molecule has 29 heavy (non-hydrogen) atoms. The van der Waals surface area contributed by atoms with Crippen molar-refractivity contribution >= 4 is 21.9 Å². The molecule has 0 N–H and O–H groups in total. The minimum atomic E-state index is -0.254. The van der Waals surface area contributed by atoms with Crippen LogP contribution in [-0.2, 0) is 4.79 Å². The Balaban J connectivity index is 1.43. The lowest BCUT2D eigenvalue weighted by atomic mass is 10.0. The molecule has 0 fully saturated rings. The molecule has 0 heterocycles. The number of esters is 1. The molecule has 4 heteroatoms. The van der Waals surface area contributed by atoms with Crippen LogP contribution in [0.3, 0.4) is 0 Å². The summed E-state index contributed by atoms with van der Waals surface area (Å²) in [6.07, 6.45) is 0.904. The first-order valence-corrected chi connectivity index (χ1v) is 10.6. The molecule has 0 saturated heterocycles. The zero-order valence-electron chi connectivity index (χ0n) is 16.7. The zero-order valence-corrected chi connectivity index (χ0v) is 18.3. The minimum absolute atomic E-state index is 0.254. The molecule has 3 rings (SSSR count). The number of carbonyl (C=O) groups excluding carboxylic acids is 1. The predicted molar refractivity (Wildman–Crippen MR) is 120 cm³/mol. The molecule has 0 saturated carbocycles. The smallest absolute Gasteiger partial charge is 0.311 e. The van der Waals surface area contributed by atoms with Gasteiger partial charge in [-0.3, -0.25) is 4.79 Å². The Hall–Kier alpha value is -2.59. The van der Waals surface area contributed by atoms with Crippen molar-refractivity contribution in [2.24, 2.45) is 0 Å². The van der Waals surface area contributed by atoms with Crippen molar-refractivity contribution in [3.05, 3.63) is 82.8 Å². The Morgan fingerprint density at radius 2 is 1.62 bits per heavy atom. The molecule has 0 aromatic heterocycles. The van der Waals surface area contributed by atoms with E-state index in [9.17, 15) is 4.79 Å². The third kappa shape index (κ3) is 6.20. The third-order valence-electron chi connectivity index (χ3n) is 4.60. The van der Waals surface area contributed by atoms with E-state index in [2.05, 4.69) is 54.0 Å². The number of rotatable bonds is 8. The molecule has 0 aliphatic carbocycles. The van der Waals surface area contributed by atoms with Crippen LogP contribution < -0.4 is 9.47 Å². The van der Waals surface area contributed by atoms with E-state index in [1.165, 1.54) is 5.56 Å². The Labute approximate surface area is 180 Å². The molecule has 0 bridgehead atoms. The summed E-state index contributed by atoms with van der Waals surface area (Å²) in [4.78, 5) is 12.1. The van der Waals surface area contributed by atoms with Crippen LogP contribution in [-0.4, -0.2) is 12.6 Å². The van der Waals surface area contributed by atoms with Crippen LogP contribution in [0, 0.1) is 0 Å². The van der Waals surface area contributed by atoms with Crippen LogP contribution in [0.2, 0.25) is 0 Å². The monoisotopic (exact) mass is 452 g/mol. The van der Waals surface area contributed by atoms with E-state index < -0.39 is 0 Å². The summed E-state index contributed by atoms with van der Waals surface area (Å²) < 4.78 is 12.1. The SMILES string of the molecule is CC(C)c1ccc(OCCCC(=O)Oc2ccc(-c3ccccc3)cc2)c(Br)c1. The summed E-state index contributed by atoms with van der Waals surface area (Å²) in [5.74, 6) is 1.56. The number of carbonyl (C=O) groups is 1. The fraction of sp³-hybridized carbons (Fsp3) is 0.240. The van der Waals surface area contributed by atoms with Gasteiger partial charge >= 0.3 is 5.97 Å². The largest absolute Gasteiger partial charge is 0.492 e. The Bertz CT molecular complexity index is 934. The summed E-state index contributed by atoms with van der Waals surface area (Å²) in [5, 5.41) is 0. The molecule has 0 atom stereocenters. The van der Waals surface area contributed by atoms with Crippen molar-refractivity contribution in [1.82, 2.24) is 0 Å². The van der Waals surface area contributed by atoms with Gasteiger partial charge in [0.25, 0.3) is 0 Å². The summed E-state index contributed by atoms with van der Waals surface area (Å²) in [7, 11) is 0. The quantitative estimate of drug-likeness (QED) is 0.209. The minimum Gasteiger partial charge on any atom is -0.492 e. The van der Waals surface area contributed by atoms with Crippen LogP contribution in [0.1, 0.15) is 38.2 Å². The summed E-state index contributed by atoms with van der Waals surface area (Å²) in [5.41, 5.74) is 3.48. The van der Waals surface area contributed by atoms with Gasteiger partial charge < -0.3 is 9.47 Å². The summed E-state index contributed by atoms with van der Waals surface area (Å²) in [6, 6.07) is 23.8. The highest BCUT2D eigenvalue weighted by Crippen LogP contribution is 2.29. The van der Waals surface area contributed by atoms with E-state index in [1.54, 1.807) is 0 Å². The molecule has 0 radical (unpaired) electrons. The maximum atomic E-state index is 12.1. The van der Waals surface area contributed by atoms with Crippen LogP contribution in [0.15, 0.2) is 77.3 Å². The maximum absolute atomic E-state index is 12.1. The zero-order chi connectivity index (χ0) is 20.6. The lowest BCUT2D eigenvalue weighted by Crippen LogP contribution is -2.10. The van der Waals surface area contributed by atoms with Crippen molar-refractivity contribution in [1.29, 1.82) is 0 Å². The normalized spacial score (nSPS) is 10.8. The number of hydrogen-bond acceptors (Lipinski definition) is 3. The average molecular weight is 453 g/mol. The second-order valence-corrected chi connectivity index (χ2v) is 8.02. The molecule has 0 aliphatic rings. The van der Waals surface area contributed by atoms with E-state index in [4.69, 9.17) is 9.47 Å². The predicted octanol–water partition coefficient (Wildman–Crippen LogP) is 7.00. The molecule has 0 spiro atoms. The number of hydrogen-bond donors (Lipinski definition) is 0. The second-order valence-electron chi connectivity index (χ2n) is 7.16. The van der Waals surface area contributed by atoms with Gasteiger partial charge in [0.1, 0.15) is 11.5 Å². The van der Waals surface area contributed by atoms with Gasteiger partial charge in [-0.15, -0.1) is 0 Å². The second kappa shape index (κ2) is 10.3. The molecular formula is C25H25BrO3. The fourth-order valence-electron chi connectivity index (χ4n) is 2.92. The standard InChI is InChI=1S/C25H25BrO3/c1-18(2)21-12-15-24(23(26)17-21)28-16-6-9-25(27)29-22-13-10-20(11-14-22)19-7-4-3-5-8-19/h3-5,7-8,10-15,17-18H,6,9,16H2,1-2H3. The van der Waals surface area contributed by atoms with Gasteiger partial charge in [0.05, 0.1) is 11.1 Å². The molecule has 3 aromatic rings. The topological polar surface area (TPSA) is 35.5 Å². The van der Waals surface area contributed by atoms with Crippen molar-refractivity contribution in [3.8, 4) is 22.6 Å². The van der Waals surface area contributed by atoms with Gasteiger partial charge in [-0.05, 0) is 69.2 Å². The van der Waals surface area contributed by atoms with E-state index in [0.29, 0.717) is 31.1 Å². The van der Waals surface area contributed by atoms with Crippen LogP contribution >= 0.6 is 15.9 Å². The number of ether oxygens (including phenoxy) is 2. The summed E-state index contributed by atoms with van der Waals surface area (Å²) in [6.45, 7) is 4.77. The molecule has 150 valence electrons. The van der Waals surface area contributed by atoms with Crippen LogP contribution in [0.25, 0.3) is 11.1 Å². The van der Waals surface area contributed by atoms with E-state index in [-0.39, 0.29) is 5.97 Å². The number of halogens is 1. The highest BCUT2D eigenvalue weighted by Gasteiger charge is 2.08. The lowest BCUT2D eigenvalue weighted by Gasteiger charge is -2.11. The van der Waals surface area contributed by atoms with Gasteiger partial charge in [0, 0.05) is 6.42 Å². The van der Waals surface area contributed by atoms with Crippen molar-refractivity contribution in [2.45, 2.75) is 32.6 Å². The maximum Gasteiger partial charge on any atom is 0.311 e. The van der Waals surface area contributed by atoms with Crippen molar-refractivity contribution in [2.75, 3.05) is 6.61 Å². The Kier molecular flexibility index (Phi) is 7.48. The van der Waals surface area contributed by atoms with Gasteiger partial charge in [0.15, 0.2) is 0 Å². The molecular weight excluding hydrogens is 428 g/mol. The van der Waals surface area contributed by atoms with E-state index >= 15 is 0 Å². The fourth-order valence-corrected chi connectivity index (χ4v) is 3.43. The molecule has 3 nitrogen and oxygen atoms in total. The highest BCUT2D eigenvalue weighted by molar-refractivity contribution is 9.10. The van der Waals surface area contributed by atoms with E-state index in [0.717, 1.165) is 21.3 Å². The molecule has 0 unspecified atom stereocenters. The first kappa shape index (κ1) is 21.1. The highest BCUT2D eigenvalue weighted by atomic mass is 79.9. The van der Waals surface area contributed by atoms with Crippen LogP contribution in [0.4, 0.5) is 0 Å². The van der Waals surface area contributed by atoms with E-state index in [1.807, 2.05) is 48.5 Å². The molecule has 0 aliphatic heterocycles. The third-order valence-corrected chi connectivity index (χ3v) is 5.22. The van der Waals surface area contributed by atoms with Crippen molar-refractivity contribution in [3.63, 3.8) is 0 Å². The first-order valence-electron chi connectivity index (χ1n) is 9.81. The van der Waals surface area contributed by atoms with Crippen molar-refractivity contribution < 1.29 is 14.3 Å². The summed E-state index contributed by atoms with van der Waals surface area (Å²) >= 11 is 3.55. The number of benzene rings is 3. The molecule has 3 aromatic carbocycles. The van der Waals surface area contributed by atoms with Gasteiger partial charge in [0.2, 0.25) is 0 Å². The first-order chi connectivity index (χ1) is 14.0. The Morgan fingerprint density at radius 1 is 0.931 bits per heavy atom. The van der Waals surface area contributed by atoms with Gasteiger partial charge in [-0.1, -0.05) is 62.4 Å². The molecule has 0 amide bonds. The van der Waals surface area contributed by atoms with Gasteiger partial charge in [-0.25, -0.2) is 0 Å². The average Bonchev–Trinajstić information content (AvgIpc) is 2.73. The van der Waals surface area contributed by atoms with Gasteiger partial charge in [-0.2, -0.15) is 0 Å². The van der Waals surface area contributed by atoms with Crippen LogP contribution in [0.5, 0.6) is 11.5 Å².